The van der Waals surface area contributed by atoms with Gasteiger partial charge in [0.15, 0.2) is 0 Å². The van der Waals surface area contributed by atoms with Gasteiger partial charge in [0, 0.05) is 6.42 Å². The molecule has 7 heteroatoms. The van der Waals surface area contributed by atoms with E-state index in [0.717, 1.165) is 5.56 Å². The molecule has 1 saturated heterocycles. The van der Waals surface area contributed by atoms with Crippen molar-refractivity contribution < 1.29 is 35.4 Å². The smallest absolute Gasteiger partial charge is 0.116 e. The van der Waals surface area contributed by atoms with Gasteiger partial charge in [-0.05, 0) is 41.0 Å². The van der Waals surface area contributed by atoms with Crippen molar-refractivity contribution in [3.05, 3.63) is 59.2 Å². The van der Waals surface area contributed by atoms with E-state index in [-0.39, 0.29) is 17.9 Å². The molecule has 0 unspecified atom stereocenters. The van der Waals surface area contributed by atoms with Gasteiger partial charge in [-0.3, -0.25) is 0 Å². The molecule has 0 saturated carbocycles. The molecule has 150 valence electrons. The van der Waals surface area contributed by atoms with Crippen LogP contribution in [-0.4, -0.2) is 67.8 Å². The van der Waals surface area contributed by atoms with Crippen molar-refractivity contribution >= 4 is 12.2 Å². The Morgan fingerprint density at radius 2 is 1.39 bits per heavy atom. The largest absolute Gasteiger partial charge is 0.508 e. The number of phenols is 2. The molecule has 1 aliphatic heterocycles. The van der Waals surface area contributed by atoms with Crippen LogP contribution in [0.2, 0.25) is 0 Å². The van der Waals surface area contributed by atoms with E-state index in [1.807, 2.05) is 6.08 Å². The van der Waals surface area contributed by atoms with Crippen molar-refractivity contribution in [3.63, 3.8) is 0 Å². The lowest BCUT2D eigenvalue weighted by Crippen LogP contribution is -2.59. The molecule has 0 aliphatic carbocycles. The minimum Gasteiger partial charge on any atom is -0.508 e. The van der Waals surface area contributed by atoms with Gasteiger partial charge in [-0.1, -0.05) is 30.4 Å². The SMILES string of the molecule is OC[C@H]1O[C@@H](Cc2cc(O)cc(/C=C\c3ccc(O)cc3)c2)[C@H](O)[C@@H](O)[C@@H]1O. The quantitative estimate of drug-likeness (QED) is 0.415. The second-order valence-corrected chi connectivity index (χ2v) is 6.93. The second kappa shape index (κ2) is 8.72. The summed E-state index contributed by atoms with van der Waals surface area (Å²) in [6.45, 7) is -0.484. The number of aromatic hydroxyl groups is 2. The van der Waals surface area contributed by atoms with E-state index in [1.54, 1.807) is 42.5 Å². The predicted octanol–water partition coefficient (Wildman–Crippen LogP) is 0.653. The van der Waals surface area contributed by atoms with E-state index in [0.29, 0.717) is 11.1 Å². The molecule has 3 rings (SSSR count). The Bertz CT molecular complexity index is 816. The van der Waals surface area contributed by atoms with Crippen LogP contribution in [0.3, 0.4) is 0 Å². The fourth-order valence-corrected chi connectivity index (χ4v) is 3.27. The monoisotopic (exact) mass is 388 g/mol. The van der Waals surface area contributed by atoms with Crippen LogP contribution in [0.1, 0.15) is 16.7 Å². The predicted molar refractivity (Wildman–Crippen MR) is 103 cm³/mol. The van der Waals surface area contributed by atoms with E-state index in [1.165, 1.54) is 6.07 Å². The first kappa shape index (κ1) is 20.3. The van der Waals surface area contributed by atoms with Gasteiger partial charge in [0.05, 0.1) is 12.7 Å². The normalized spacial score (nSPS) is 27.9. The van der Waals surface area contributed by atoms with Gasteiger partial charge < -0.3 is 35.4 Å². The number of phenolic OH excluding ortho intramolecular Hbond substituents is 2. The van der Waals surface area contributed by atoms with Gasteiger partial charge in [0.1, 0.15) is 35.9 Å². The number of hydrogen-bond acceptors (Lipinski definition) is 7. The molecule has 2 aromatic rings. The van der Waals surface area contributed by atoms with Crippen molar-refractivity contribution in [1.82, 2.24) is 0 Å². The van der Waals surface area contributed by atoms with Crippen LogP contribution in [0.25, 0.3) is 12.2 Å². The first-order valence-corrected chi connectivity index (χ1v) is 8.98. The van der Waals surface area contributed by atoms with Crippen molar-refractivity contribution in [3.8, 4) is 11.5 Å². The topological polar surface area (TPSA) is 131 Å². The van der Waals surface area contributed by atoms with E-state index in [9.17, 15) is 30.6 Å². The summed E-state index contributed by atoms with van der Waals surface area (Å²) in [6.07, 6.45) is -2.16. The number of benzene rings is 2. The zero-order valence-corrected chi connectivity index (χ0v) is 15.1. The van der Waals surface area contributed by atoms with Crippen LogP contribution in [-0.2, 0) is 11.2 Å². The third-order valence-corrected chi connectivity index (χ3v) is 4.79. The minimum absolute atomic E-state index is 0.0347. The summed E-state index contributed by atoms with van der Waals surface area (Å²) >= 11 is 0. The maximum Gasteiger partial charge on any atom is 0.116 e. The number of hydrogen-bond donors (Lipinski definition) is 6. The summed E-state index contributed by atoms with van der Waals surface area (Å²) < 4.78 is 5.52. The molecule has 7 nitrogen and oxygen atoms in total. The van der Waals surface area contributed by atoms with Gasteiger partial charge >= 0.3 is 0 Å². The van der Waals surface area contributed by atoms with Crippen LogP contribution in [0.5, 0.6) is 11.5 Å². The Hall–Kier alpha value is -2.42. The minimum atomic E-state index is -1.43. The van der Waals surface area contributed by atoms with Gasteiger partial charge in [-0.25, -0.2) is 0 Å². The van der Waals surface area contributed by atoms with Gasteiger partial charge in [0.2, 0.25) is 0 Å². The average Bonchev–Trinajstić information content (AvgIpc) is 2.67. The fraction of sp³-hybridized carbons (Fsp3) is 0.333. The highest BCUT2D eigenvalue weighted by molar-refractivity contribution is 5.70. The van der Waals surface area contributed by atoms with Crippen LogP contribution < -0.4 is 0 Å². The van der Waals surface area contributed by atoms with Crippen LogP contribution in [0.15, 0.2) is 42.5 Å². The third kappa shape index (κ3) is 4.70. The molecule has 0 bridgehead atoms. The van der Waals surface area contributed by atoms with Crippen molar-refractivity contribution in [2.45, 2.75) is 36.9 Å². The third-order valence-electron chi connectivity index (χ3n) is 4.79. The Kier molecular flexibility index (Phi) is 6.33. The molecule has 2 aromatic carbocycles. The first-order valence-electron chi connectivity index (χ1n) is 8.98. The molecular weight excluding hydrogens is 364 g/mol. The van der Waals surface area contributed by atoms with Crippen molar-refractivity contribution in [2.75, 3.05) is 6.61 Å². The lowest BCUT2D eigenvalue weighted by molar-refractivity contribution is -0.228. The molecule has 0 radical (unpaired) electrons. The van der Waals surface area contributed by atoms with Crippen molar-refractivity contribution in [1.29, 1.82) is 0 Å². The molecule has 28 heavy (non-hydrogen) atoms. The van der Waals surface area contributed by atoms with Crippen LogP contribution in [0.4, 0.5) is 0 Å². The summed E-state index contributed by atoms with van der Waals surface area (Å²) in [5, 5.41) is 58.6. The Morgan fingerprint density at radius 1 is 0.750 bits per heavy atom. The highest BCUT2D eigenvalue weighted by atomic mass is 16.5. The highest BCUT2D eigenvalue weighted by Gasteiger charge is 2.43. The molecule has 6 N–H and O–H groups in total. The fourth-order valence-electron chi connectivity index (χ4n) is 3.27. The zero-order valence-electron chi connectivity index (χ0n) is 15.1. The zero-order chi connectivity index (χ0) is 20.3. The van der Waals surface area contributed by atoms with Gasteiger partial charge in [-0.15, -0.1) is 0 Å². The standard InChI is InChI=1S/C21H24O7/c22-11-18-20(26)21(27)19(25)17(28-18)10-14-7-13(8-16(24)9-14)2-1-12-3-5-15(23)6-4-12/h1-9,17-27H,10-11H2/b2-1-/t17-,18+,19-,20+,21+/m0/s1. The van der Waals surface area contributed by atoms with Gasteiger partial charge in [-0.2, -0.15) is 0 Å². The average molecular weight is 388 g/mol. The summed E-state index contributed by atoms with van der Waals surface area (Å²) in [4.78, 5) is 0. The molecule has 1 heterocycles. The first-order chi connectivity index (χ1) is 13.4. The van der Waals surface area contributed by atoms with Crippen LogP contribution >= 0.6 is 0 Å². The van der Waals surface area contributed by atoms with E-state index >= 15 is 0 Å². The number of aliphatic hydroxyl groups is 4. The molecule has 0 spiro atoms. The molecule has 5 atom stereocenters. The van der Waals surface area contributed by atoms with E-state index < -0.39 is 37.1 Å². The summed E-state index contributed by atoms with van der Waals surface area (Å²) in [5.74, 6) is 0.212. The van der Waals surface area contributed by atoms with Crippen molar-refractivity contribution in [2.24, 2.45) is 0 Å². The van der Waals surface area contributed by atoms with Crippen LogP contribution in [0, 0.1) is 0 Å². The maximum absolute atomic E-state index is 10.2. The second-order valence-electron chi connectivity index (χ2n) is 6.93. The molecular formula is C21H24O7. The number of ether oxygens (including phenoxy) is 1. The molecule has 0 aromatic heterocycles. The molecule has 1 fully saturated rings. The summed E-state index contributed by atoms with van der Waals surface area (Å²) in [6, 6.07) is 11.6. The Morgan fingerprint density at radius 3 is 2.07 bits per heavy atom. The molecule has 1 aliphatic rings. The number of rotatable bonds is 5. The lowest BCUT2D eigenvalue weighted by Gasteiger charge is -2.40. The number of aliphatic hydroxyl groups excluding tert-OH is 4. The summed E-state index contributed by atoms with van der Waals surface area (Å²) in [5.41, 5.74) is 2.25. The Labute approximate surface area is 162 Å². The lowest BCUT2D eigenvalue weighted by atomic mass is 9.91. The summed E-state index contributed by atoms with van der Waals surface area (Å²) in [7, 11) is 0. The van der Waals surface area contributed by atoms with Gasteiger partial charge in [0.25, 0.3) is 0 Å². The van der Waals surface area contributed by atoms with E-state index in [2.05, 4.69) is 0 Å². The molecule has 0 amide bonds. The Balaban J connectivity index is 1.76. The maximum atomic E-state index is 10.2. The van der Waals surface area contributed by atoms with E-state index in [4.69, 9.17) is 4.74 Å². The highest BCUT2D eigenvalue weighted by Crippen LogP contribution is 2.26.